The van der Waals surface area contributed by atoms with E-state index in [1.165, 1.54) is 12.1 Å². The summed E-state index contributed by atoms with van der Waals surface area (Å²) in [7, 11) is 0. The van der Waals surface area contributed by atoms with Crippen LogP contribution in [0.3, 0.4) is 0 Å². The van der Waals surface area contributed by atoms with Crippen LogP contribution in [0.25, 0.3) is 0 Å². The van der Waals surface area contributed by atoms with Gasteiger partial charge >= 0.3 is 0 Å². The molecule has 1 fully saturated rings. The first-order chi connectivity index (χ1) is 12.5. The minimum atomic E-state index is -0.583. The van der Waals surface area contributed by atoms with Crippen molar-refractivity contribution < 1.29 is 18.3 Å². The van der Waals surface area contributed by atoms with Crippen molar-refractivity contribution in [2.75, 3.05) is 6.61 Å². The highest BCUT2D eigenvalue weighted by Crippen LogP contribution is 2.20. The highest BCUT2D eigenvalue weighted by molar-refractivity contribution is 5.78. The molecule has 1 aliphatic rings. The molecule has 1 aliphatic carbocycles. The summed E-state index contributed by atoms with van der Waals surface area (Å²) in [6, 6.07) is 11.3. The van der Waals surface area contributed by atoms with Crippen molar-refractivity contribution in [2.24, 2.45) is 0 Å². The predicted molar refractivity (Wildman–Crippen MR) is 94.7 cm³/mol. The quantitative estimate of drug-likeness (QED) is 0.758. The maximum atomic E-state index is 13.7. The standard InChI is InChI=1S/C20H22F2N2O2/c1-13(23-11-15-2-5-16(21)10-19(15)22)14-3-8-18(9-4-14)26-12-20(25)24-17-6-7-17/h2-5,8-10,13,17,23H,6-7,11-12H2,1H3,(H,24,25)/t13-/m1/s1. The number of hydrogen-bond acceptors (Lipinski definition) is 3. The van der Waals surface area contributed by atoms with Gasteiger partial charge in [0.25, 0.3) is 5.91 Å². The molecule has 1 atom stereocenters. The molecule has 0 saturated heterocycles. The van der Waals surface area contributed by atoms with E-state index in [9.17, 15) is 13.6 Å². The first-order valence-corrected chi connectivity index (χ1v) is 8.70. The van der Waals surface area contributed by atoms with Crippen LogP contribution in [-0.2, 0) is 11.3 Å². The molecule has 26 heavy (non-hydrogen) atoms. The average Bonchev–Trinajstić information content (AvgIpc) is 3.43. The molecule has 0 radical (unpaired) electrons. The average molecular weight is 360 g/mol. The Morgan fingerprint density at radius 3 is 2.58 bits per heavy atom. The lowest BCUT2D eigenvalue weighted by Crippen LogP contribution is -2.30. The molecule has 1 saturated carbocycles. The van der Waals surface area contributed by atoms with E-state index in [1.54, 1.807) is 12.1 Å². The molecule has 2 N–H and O–H groups in total. The number of amides is 1. The molecule has 0 spiro atoms. The van der Waals surface area contributed by atoms with Crippen molar-refractivity contribution in [3.05, 3.63) is 65.2 Å². The third kappa shape index (κ3) is 5.26. The Morgan fingerprint density at radius 1 is 1.19 bits per heavy atom. The highest BCUT2D eigenvalue weighted by atomic mass is 19.1. The summed E-state index contributed by atoms with van der Waals surface area (Å²) in [6.45, 7) is 2.26. The molecule has 1 amide bonds. The summed E-state index contributed by atoms with van der Waals surface area (Å²) < 4.78 is 32.1. The van der Waals surface area contributed by atoms with Gasteiger partial charge in [-0.05, 0) is 43.5 Å². The number of benzene rings is 2. The molecule has 2 aromatic rings. The third-order valence-electron chi connectivity index (χ3n) is 4.31. The van der Waals surface area contributed by atoms with E-state index in [4.69, 9.17) is 4.74 Å². The van der Waals surface area contributed by atoms with Crippen LogP contribution in [0.1, 0.15) is 36.9 Å². The van der Waals surface area contributed by atoms with E-state index in [-0.39, 0.29) is 18.6 Å². The van der Waals surface area contributed by atoms with Gasteiger partial charge < -0.3 is 15.4 Å². The predicted octanol–water partition coefficient (Wildman–Crippen LogP) is 3.47. The fraction of sp³-hybridized carbons (Fsp3) is 0.350. The van der Waals surface area contributed by atoms with E-state index in [1.807, 2.05) is 19.1 Å². The molecule has 0 aromatic heterocycles. The molecule has 0 bridgehead atoms. The maximum absolute atomic E-state index is 13.7. The van der Waals surface area contributed by atoms with Crippen molar-refractivity contribution in [3.63, 3.8) is 0 Å². The van der Waals surface area contributed by atoms with Gasteiger partial charge in [0.15, 0.2) is 6.61 Å². The monoisotopic (exact) mass is 360 g/mol. The van der Waals surface area contributed by atoms with Crippen LogP contribution in [0, 0.1) is 11.6 Å². The summed E-state index contributed by atoms with van der Waals surface area (Å²) in [5.41, 5.74) is 1.42. The Bertz CT molecular complexity index is 761. The molecular weight excluding hydrogens is 338 g/mol. The van der Waals surface area contributed by atoms with Crippen molar-refractivity contribution >= 4 is 5.91 Å². The Balaban J connectivity index is 1.48. The lowest BCUT2D eigenvalue weighted by Gasteiger charge is -2.15. The molecule has 3 rings (SSSR count). The third-order valence-corrected chi connectivity index (χ3v) is 4.31. The molecule has 0 aliphatic heterocycles. The molecule has 0 unspecified atom stereocenters. The van der Waals surface area contributed by atoms with E-state index >= 15 is 0 Å². The number of rotatable bonds is 8. The largest absolute Gasteiger partial charge is 0.484 e. The fourth-order valence-corrected chi connectivity index (χ4v) is 2.54. The zero-order valence-electron chi connectivity index (χ0n) is 14.6. The van der Waals surface area contributed by atoms with Gasteiger partial charge in [0.05, 0.1) is 0 Å². The Labute approximate surface area is 151 Å². The van der Waals surface area contributed by atoms with Crippen molar-refractivity contribution in [1.82, 2.24) is 10.6 Å². The second-order valence-corrected chi connectivity index (χ2v) is 6.54. The van der Waals surface area contributed by atoms with Gasteiger partial charge in [-0.15, -0.1) is 0 Å². The zero-order chi connectivity index (χ0) is 18.5. The maximum Gasteiger partial charge on any atom is 0.258 e. The molecule has 138 valence electrons. The van der Waals surface area contributed by atoms with Gasteiger partial charge in [-0.1, -0.05) is 18.2 Å². The summed E-state index contributed by atoms with van der Waals surface area (Å²) in [4.78, 5) is 11.6. The van der Waals surface area contributed by atoms with Gasteiger partial charge in [0.1, 0.15) is 17.4 Å². The van der Waals surface area contributed by atoms with Crippen molar-refractivity contribution in [2.45, 2.75) is 38.4 Å². The smallest absolute Gasteiger partial charge is 0.258 e. The molecule has 4 nitrogen and oxygen atoms in total. The molecular formula is C20H22F2N2O2. The SMILES string of the molecule is C[C@@H](NCc1ccc(F)cc1F)c1ccc(OCC(=O)NC2CC2)cc1. The number of halogens is 2. The molecule has 2 aromatic carbocycles. The van der Waals surface area contributed by atoms with Crippen molar-refractivity contribution in [3.8, 4) is 5.75 Å². The summed E-state index contributed by atoms with van der Waals surface area (Å²) in [5, 5.41) is 6.07. The van der Waals surface area contributed by atoms with E-state index in [2.05, 4.69) is 10.6 Å². The summed E-state index contributed by atoms with van der Waals surface area (Å²) in [5.74, 6) is -0.622. The summed E-state index contributed by atoms with van der Waals surface area (Å²) >= 11 is 0. The lowest BCUT2D eigenvalue weighted by atomic mass is 10.1. The lowest BCUT2D eigenvalue weighted by molar-refractivity contribution is -0.123. The van der Waals surface area contributed by atoms with Crippen LogP contribution in [0.15, 0.2) is 42.5 Å². The van der Waals surface area contributed by atoms with Crippen LogP contribution in [0.5, 0.6) is 5.75 Å². The van der Waals surface area contributed by atoms with Gasteiger partial charge in [-0.25, -0.2) is 8.78 Å². The van der Waals surface area contributed by atoms with Crippen LogP contribution < -0.4 is 15.4 Å². The minimum absolute atomic E-state index is 0.00743. The number of carbonyl (C=O) groups is 1. The minimum Gasteiger partial charge on any atom is -0.484 e. The summed E-state index contributed by atoms with van der Waals surface area (Å²) in [6.07, 6.45) is 2.10. The Kier molecular flexibility index (Phi) is 5.83. The van der Waals surface area contributed by atoms with Crippen LogP contribution in [0.2, 0.25) is 0 Å². The van der Waals surface area contributed by atoms with E-state index in [0.717, 1.165) is 24.5 Å². The number of hydrogen-bond donors (Lipinski definition) is 2. The number of nitrogens with one attached hydrogen (secondary N) is 2. The molecule has 6 heteroatoms. The first kappa shape index (κ1) is 18.3. The second kappa shape index (κ2) is 8.27. The zero-order valence-corrected chi connectivity index (χ0v) is 14.6. The van der Waals surface area contributed by atoms with Crippen LogP contribution in [-0.4, -0.2) is 18.6 Å². The first-order valence-electron chi connectivity index (χ1n) is 8.70. The number of carbonyl (C=O) groups excluding carboxylic acids is 1. The van der Waals surface area contributed by atoms with E-state index in [0.29, 0.717) is 23.9 Å². The normalized spacial score (nSPS) is 14.7. The fourth-order valence-electron chi connectivity index (χ4n) is 2.54. The molecule has 0 heterocycles. The van der Waals surface area contributed by atoms with Crippen LogP contribution in [0.4, 0.5) is 8.78 Å². The van der Waals surface area contributed by atoms with Crippen LogP contribution >= 0.6 is 0 Å². The van der Waals surface area contributed by atoms with Crippen molar-refractivity contribution in [1.29, 1.82) is 0 Å². The second-order valence-electron chi connectivity index (χ2n) is 6.54. The number of ether oxygens (including phenoxy) is 1. The van der Waals surface area contributed by atoms with Gasteiger partial charge in [0.2, 0.25) is 0 Å². The van der Waals surface area contributed by atoms with Gasteiger partial charge in [-0.3, -0.25) is 4.79 Å². The van der Waals surface area contributed by atoms with Gasteiger partial charge in [-0.2, -0.15) is 0 Å². The highest BCUT2D eigenvalue weighted by Gasteiger charge is 2.23. The Morgan fingerprint density at radius 2 is 1.92 bits per heavy atom. The van der Waals surface area contributed by atoms with Gasteiger partial charge in [0, 0.05) is 30.3 Å². The topological polar surface area (TPSA) is 50.4 Å². The Hall–Kier alpha value is -2.47. The van der Waals surface area contributed by atoms with E-state index < -0.39 is 11.6 Å².